The predicted octanol–water partition coefficient (Wildman–Crippen LogP) is 0.629. The summed E-state index contributed by atoms with van der Waals surface area (Å²) in [6.07, 6.45) is 0. The molecule has 1 saturated heterocycles. The molecule has 0 aliphatic carbocycles. The van der Waals surface area contributed by atoms with Gasteiger partial charge in [0.05, 0.1) is 13.0 Å². The molecule has 2 atom stereocenters. The van der Waals surface area contributed by atoms with E-state index >= 15 is 0 Å². The number of amides is 1. The highest BCUT2D eigenvalue weighted by molar-refractivity contribution is 5.80. The molecule has 7 heteroatoms. The van der Waals surface area contributed by atoms with E-state index in [-0.39, 0.29) is 36.2 Å². The molecular weight excluding hydrogens is 264 g/mol. The lowest BCUT2D eigenvalue weighted by Crippen LogP contribution is -2.34. The predicted molar refractivity (Wildman–Crippen MR) is 68.0 cm³/mol. The molecule has 1 fully saturated rings. The van der Waals surface area contributed by atoms with Crippen molar-refractivity contribution in [2.75, 3.05) is 26.8 Å². The zero-order valence-electron chi connectivity index (χ0n) is 11.8. The van der Waals surface area contributed by atoms with Crippen molar-refractivity contribution >= 4 is 11.9 Å². The molecule has 2 unspecified atom stereocenters. The van der Waals surface area contributed by atoms with Gasteiger partial charge in [-0.1, -0.05) is 6.92 Å². The largest absolute Gasteiger partial charge is 0.469 e. The Kier molecular flexibility index (Phi) is 4.26. The number of rotatable bonds is 4. The summed E-state index contributed by atoms with van der Waals surface area (Å²) in [5.41, 5.74) is 0. The lowest BCUT2D eigenvalue weighted by molar-refractivity contribution is -0.146. The third-order valence-electron chi connectivity index (χ3n) is 3.42. The summed E-state index contributed by atoms with van der Waals surface area (Å²) < 4.78 is 14.8. The van der Waals surface area contributed by atoms with Crippen LogP contribution in [0.1, 0.15) is 12.7 Å². The second-order valence-electron chi connectivity index (χ2n) is 4.97. The summed E-state index contributed by atoms with van der Waals surface area (Å²) in [7, 11) is 1.36. The summed E-state index contributed by atoms with van der Waals surface area (Å²) >= 11 is 0. The number of ether oxygens (including phenoxy) is 2. The van der Waals surface area contributed by atoms with Crippen LogP contribution >= 0.6 is 0 Å². The van der Waals surface area contributed by atoms with Crippen molar-refractivity contribution in [3.8, 4) is 5.88 Å². The lowest BCUT2D eigenvalue weighted by Gasteiger charge is -2.15. The molecule has 2 heterocycles. The molecule has 1 aliphatic heterocycles. The summed E-state index contributed by atoms with van der Waals surface area (Å²) in [4.78, 5) is 25.2. The molecule has 0 radical (unpaired) electrons. The topological polar surface area (TPSA) is 81.9 Å². The number of carbonyl (C=O) groups is 2. The van der Waals surface area contributed by atoms with Gasteiger partial charge in [0.1, 0.15) is 5.76 Å². The fourth-order valence-electron chi connectivity index (χ4n) is 2.27. The maximum atomic E-state index is 12.0. The van der Waals surface area contributed by atoms with E-state index in [0.29, 0.717) is 18.8 Å². The van der Waals surface area contributed by atoms with Gasteiger partial charge < -0.3 is 18.9 Å². The first-order valence-corrected chi connectivity index (χ1v) is 6.43. The third-order valence-corrected chi connectivity index (χ3v) is 3.42. The third kappa shape index (κ3) is 3.09. The number of aryl methyl sites for hydroxylation is 1. The molecule has 0 spiro atoms. The molecule has 110 valence electrons. The lowest BCUT2D eigenvalue weighted by atomic mass is 9.99. The first-order valence-electron chi connectivity index (χ1n) is 6.43. The SMILES string of the molecule is COC(=O)C1CN(C(=O)COc2cc(C)on2)CC1C. The van der Waals surface area contributed by atoms with Crippen LogP contribution in [0.3, 0.4) is 0 Å². The van der Waals surface area contributed by atoms with Crippen LogP contribution in [-0.4, -0.2) is 48.7 Å². The Morgan fingerprint density at radius 2 is 2.25 bits per heavy atom. The van der Waals surface area contributed by atoms with Crippen LogP contribution in [0.25, 0.3) is 0 Å². The van der Waals surface area contributed by atoms with Gasteiger partial charge in [0.2, 0.25) is 0 Å². The summed E-state index contributed by atoms with van der Waals surface area (Å²) in [5.74, 6) is 0.268. The highest BCUT2D eigenvalue weighted by Crippen LogP contribution is 2.24. The molecule has 0 N–H and O–H groups in total. The van der Waals surface area contributed by atoms with Crippen molar-refractivity contribution in [3.05, 3.63) is 11.8 Å². The van der Waals surface area contributed by atoms with E-state index in [1.165, 1.54) is 7.11 Å². The number of hydrogen-bond acceptors (Lipinski definition) is 6. The van der Waals surface area contributed by atoms with Crippen molar-refractivity contribution in [2.24, 2.45) is 11.8 Å². The minimum atomic E-state index is -0.277. The number of nitrogens with zero attached hydrogens (tertiary/aromatic N) is 2. The summed E-state index contributed by atoms with van der Waals surface area (Å²) in [5, 5.41) is 3.64. The van der Waals surface area contributed by atoms with Crippen molar-refractivity contribution in [1.82, 2.24) is 10.1 Å². The van der Waals surface area contributed by atoms with Gasteiger partial charge in [0, 0.05) is 19.2 Å². The molecule has 0 saturated carbocycles. The number of methoxy groups -OCH3 is 1. The average molecular weight is 282 g/mol. The fourth-order valence-corrected chi connectivity index (χ4v) is 2.27. The monoisotopic (exact) mass is 282 g/mol. The minimum Gasteiger partial charge on any atom is -0.469 e. The van der Waals surface area contributed by atoms with Crippen LogP contribution in [-0.2, 0) is 14.3 Å². The zero-order chi connectivity index (χ0) is 14.7. The van der Waals surface area contributed by atoms with E-state index in [4.69, 9.17) is 14.0 Å². The number of esters is 1. The van der Waals surface area contributed by atoms with Gasteiger partial charge in [-0.2, -0.15) is 0 Å². The van der Waals surface area contributed by atoms with Crippen LogP contribution in [0.15, 0.2) is 10.6 Å². The second-order valence-corrected chi connectivity index (χ2v) is 4.97. The normalized spacial score (nSPS) is 21.9. The standard InChI is InChI=1S/C13H18N2O5/c1-8-5-15(6-10(8)13(17)18-3)12(16)7-19-11-4-9(2)20-14-11/h4,8,10H,5-7H2,1-3H3. The minimum absolute atomic E-state index is 0.0840. The molecule has 1 aliphatic rings. The van der Waals surface area contributed by atoms with E-state index < -0.39 is 0 Å². The van der Waals surface area contributed by atoms with Crippen molar-refractivity contribution in [3.63, 3.8) is 0 Å². The Morgan fingerprint density at radius 1 is 1.50 bits per heavy atom. The fraction of sp³-hybridized carbons (Fsp3) is 0.615. The first kappa shape index (κ1) is 14.4. The molecular formula is C13H18N2O5. The molecule has 1 aromatic rings. The number of aromatic nitrogens is 1. The number of hydrogen-bond donors (Lipinski definition) is 0. The van der Waals surface area contributed by atoms with Crippen molar-refractivity contribution < 1.29 is 23.6 Å². The van der Waals surface area contributed by atoms with Gasteiger partial charge in [-0.25, -0.2) is 0 Å². The van der Waals surface area contributed by atoms with Crippen LogP contribution in [0.4, 0.5) is 0 Å². The maximum absolute atomic E-state index is 12.0. The molecule has 0 bridgehead atoms. The van der Waals surface area contributed by atoms with E-state index in [2.05, 4.69) is 5.16 Å². The van der Waals surface area contributed by atoms with Gasteiger partial charge in [-0.15, -0.1) is 0 Å². The highest BCUT2D eigenvalue weighted by atomic mass is 16.5. The maximum Gasteiger partial charge on any atom is 0.310 e. The second kappa shape index (κ2) is 5.94. The Hall–Kier alpha value is -2.05. The van der Waals surface area contributed by atoms with Gasteiger partial charge in [0.15, 0.2) is 6.61 Å². The smallest absolute Gasteiger partial charge is 0.310 e. The Balaban J connectivity index is 1.86. The molecule has 0 aromatic carbocycles. The van der Waals surface area contributed by atoms with Crippen LogP contribution in [0.2, 0.25) is 0 Å². The van der Waals surface area contributed by atoms with E-state index in [0.717, 1.165) is 0 Å². The highest BCUT2D eigenvalue weighted by Gasteiger charge is 2.37. The molecule has 1 amide bonds. The van der Waals surface area contributed by atoms with Crippen molar-refractivity contribution in [1.29, 1.82) is 0 Å². The molecule has 1 aromatic heterocycles. The van der Waals surface area contributed by atoms with Crippen LogP contribution < -0.4 is 4.74 Å². The molecule has 2 rings (SSSR count). The van der Waals surface area contributed by atoms with Crippen LogP contribution in [0, 0.1) is 18.8 Å². The van der Waals surface area contributed by atoms with E-state index in [9.17, 15) is 9.59 Å². The summed E-state index contributed by atoms with van der Waals surface area (Å²) in [6.45, 7) is 4.45. The quantitative estimate of drug-likeness (QED) is 0.753. The van der Waals surface area contributed by atoms with Gasteiger partial charge in [-0.05, 0) is 18.0 Å². The first-order chi connectivity index (χ1) is 9.51. The number of carbonyl (C=O) groups excluding carboxylic acids is 2. The van der Waals surface area contributed by atoms with Crippen molar-refractivity contribution in [2.45, 2.75) is 13.8 Å². The van der Waals surface area contributed by atoms with E-state index in [1.807, 2.05) is 6.92 Å². The van der Waals surface area contributed by atoms with Crippen LogP contribution in [0.5, 0.6) is 5.88 Å². The van der Waals surface area contributed by atoms with Gasteiger partial charge in [0.25, 0.3) is 11.8 Å². The average Bonchev–Trinajstić information content (AvgIpc) is 3.01. The molecule has 7 nitrogen and oxygen atoms in total. The zero-order valence-corrected chi connectivity index (χ0v) is 11.8. The van der Waals surface area contributed by atoms with E-state index in [1.54, 1.807) is 17.9 Å². The summed E-state index contributed by atoms with van der Waals surface area (Å²) in [6, 6.07) is 1.61. The number of likely N-dealkylation sites (tertiary alicyclic amines) is 1. The Labute approximate surface area is 116 Å². The molecule has 20 heavy (non-hydrogen) atoms. The van der Waals surface area contributed by atoms with Gasteiger partial charge >= 0.3 is 5.97 Å². The Bertz CT molecular complexity index is 499. The Morgan fingerprint density at radius 3 is 2.85 bits per heavy atom. The van der Waals surface area contributed by atoms with Gasteiger partial charge in [-0.3, -0.25) is 9.59 Å².